The highest BCUT2D eigenvalue weighted by atomic mass is 16.5. The first-order valence-electron chi connectivity index (χ1n) is 13.7. The summed E-state index contributed by atoms with van der Waals surface area (Å²) >= 11 is 0. The monoisotopic (exact) mass is 474 g/mol. The molecule has 0 radical (unpaired) electrons. The number of rotatable bonds is 17. The van der Waals surface area contributed by atoms with Crippen molar-refractivity contribution in [2.45, 2.75) is 97.3 Å². The molecule has 0 saturated heterocycles. The molecule has 5 heteroatoms. The Kier molecular flexibility index (Phi) is 12.2. The van der Waals surface area contributed by atoms with E-state index in [4.69, 9.17) is 4.74 Å². The van der Waals surface area contributed by atoms with Gasteiger partial charge in [0.05, 0.1) is 6.61 Å². The van der Waals surface area contributed by atoms with E-state index >= 15 is 0 Å². The molecule has 3 aromatic rings. The van der Waals surface area contributed by atoms with Gasteiger partial charge >= 0.3 is 0 Å². The van der Waals surface area contributed by atoms with Gasteiger partial charge in [-0.1, -0.05) is 102 Å². The normalized spacial score (nSPS) is 11.0. The van der Waals surface area contributed by atoms with Gasteiger partial charge in [0.25, 0.3) is 0 Å². The van der Waals surface area contributed by atoms with Crippen molar-refractivity contribution < 1.29 is 4.74 Å². The third-order valence-corrected chi connectivity index (χ3v) is 6.39. The number of aryl methyl sites for hydroxylation is 1. The summed E-state index contributed by atoms with van der Waals surface area (Å²) in [5.41, 5.74) is 3.19. The molecule has 188 valence electrons. The molecule has 1 aromatic heterocycles. The van der Waals surface area contributed by atoms with Crippen LogP contribution in [0.5, 0.6) is 5.75 Å². The lowest BCUT2D eigenvalue weighted by molar-refractivity contribution is 0.304. The lowest BCUT2D eigenvalue weighted by Crippen LogP contribution is -2.00. The first-order chi connectivity index (χ1) is 17.3. The summed E-state index contributed by atoms with van der Waals surface area (Å²) in [6.45, 7) is 5.26. The number of hydrogen-bond donors (Lipinski definition) is 0. The topological polar surface area (TPSA) is 60.8 Å². The van der Waals surface area contributed by atoms with Crippen molar-refractivity contribution >= 4 is 0 Å². The molecule has 0 saturated carbocycles. The Hall–Kier alpha value is -2.82. The zero-order valence-corrected chi connectivity index (χ0v) is 21.7. The molecule has 0 bridgehead atoms. The van der Waals surface area contributed by atoms with Crippen molar-refractivity contribution in [3.8, 4) is 28.5 Å². The molecule has 0 aliphatic carbocycles. The predicted molar refractivity (Wildman–Crippen MR) is 144 cm³/mol. The first-order valence-corrected chi connectivity index (χ1v) is 13.7. The van der Waals surface area contributed by atoms with E-state index in [2.05, 4.69) is 58.5 Å². The van der Waals surface area contributed by atoms with Gasteiger partial charge in [0.15, 0.2) is 0 Å². The quantitative estimate of drug-likeness (QED) is 0.184. The maximum Gasteiger partial charge on any atom is 0.203 e. The fourth-order valence-corrected chi connectivity index (χ4v) is 4.16. The predicted octanol–water partition coefficient (Wildman–Crippen LogP) is 8.24. The van der Waals surface area contributed by atoms with E-state index in [1.807, 2.05) is 24.3 Å². The SMILES string of the molecule is CCCCCCCCOc1ccc(-c2nnc(-c3ccc(CCCCCCCC)cc3)nn2)cc1. The lowest BCUT2D eigenvalue weighted by Gasteiger charge is -2.07. The van der Waals surface area contributed by atoms with Gasteiger partial charge in [0.1, 0.15) is 5.75 Å². The zero-order valence-electron chi connectivity index (χ0n) is 21.7. The van der Waals surface area contributed by atoms with Crippen LogP contribution in [0.2, 0.25) is 0 Å². The molecule has 0 atom stereocenters. The van der Waals surface area contributed by atoms with Crippen LogP contribution >= 0.6 is 0 Å². The minimum Gasteiger partial charge on any atom is -0.494 e. The van der Waals surface area contributed by atoms with Crippen molar-refractivity contribution in [2.24, 2.45) is 0 Å². The maximum absolute atomic E-state index is 5.86. The molecule has 3 rings (SSSR count). The molecular weight excluding hydrogens is 432 g/mol. The molecule has 0 spiro atoms. The Balaban J connectivity index is 1.43. The molecule has 0 fully saturated rings. The van der Waals surface area contributed by atoms with E-state index in [-0.39, 0.29) is 0 Å². The first kappa shape index (κ1) is 26.8. The van der Waals surface area contributed by atoms with Gasteiger partial charge in [-0.05, 0) is 49.1 Å². The largest absolute Gasteiger partial charge is 0.494 e. The molecule has 35 heavy (non-hydrogen) atoms. The standard InChI is InChI=1S/C30H42N4O/c1-3-5-7-9-11-13-15-25-16-18-26(19-17-25)29-31-33-30(34-32-29)27-20-22-28(23-21-27)35-24-14-12-10-8-6-4-2/h16-23H,3-15,24H2,1-2H3. The summed E-state index contributed by atoms with van der Waals surface area (Å²) in [7, 11) is 0. The molecule has 0 amide bonds. The second-order valence-electron chi connectivity index (χ2n) is 9.40. The van der Waals surface area contributed by atoms with Crippen LogP contribution < -0.4 is 4.74 Å². The molecule has 0 aliphatic rings. The van der Waals surface area contributed by atoms with Gasteiger partial charge in [-0.3, -0.25) is 0 Å². The van der Waals surface area contributed by atoms with E-state index in [0.29, 0.717) is 11.6 Å². The van der Waals surface area contributed by atoms with Gasteiger partial charge in [-0.15, -0.1) is 20.4 Å². The van der Waals surface area contributed by atoms with E-state index in [0.717, 1.165) is 36.3 Å². The van der Waals surface area contributed by atoms with Crippen molar-refractivity contribution in [1.82, 2.24) is 20.4 Å². The summed E-state index contributed by atoms with van der Waals surface area (Å²) in [5, 5.41) is 17.3. The van der Waals surface area contributed by atoms with Crippen LogP contribution in [-0.2, 0) is 6.42 Å². The zero-order chi connectivity index (χ0) is 24.6. The molecule has 2 aromatic carbocycles. The van der Waals surface area contributed by atoms with Gasteiger partial charge in [0, 0.05) is 11.1 Å². The fraction of sp³-hybridized carbons (Fsp3) is 0.533. The number of ether oxygens (including phenoxy) is 1. The van der Waals surface area contributed by atoms with Gasteiger partial charge in [-0.2, -0.15) is 0 Å². The average Bonchev–Trinajstić information content (AvgIpc) is 2.91. The van der Waals surface area contributed by atoms with Crippen molar-refractivity contribution in [3.63, 3.8) is 0 Å². The number of benzene rings is 2. The lowest BCUT2D eigenvalue weighted by atomic mass is 10.0. The van der Waals surface area contributed by atoms with E-state index in [9.17, 15) is 0 Å². The Bertz CT molecular complexity index is 940. The van der Waals surface area contributed by atoms with E-state index < -0.39 is 0 Å². The Morgan fingerprint density at radius 2 is 0.971 bits per heavy atom. The van der Waals surface area contributed by atoms with Crippen LogP contribution in [0.15, 0.2) is 48.5 Å². The molecule has 0 N–H and O–H groups in total. The van der Waals surface area contributed by atoms with Crippen molar-refractivity contribution in [2.75, 3.05) is 6.61 Å². The number of unbranched alkanes of at least 4 members (excludes halogenated alkanes) is 10. The molecule has 0 aliphatic heterocycles. The molecule has 5 nitrogen and oxygen atoms in total. The van der Waals surface area contributed by atoms with Crippen LogP contribution in [0.25, 0.3) is 22.8 Å². The third kappa shape index (κ3) is 9.75. The summed E-state index contributed by atoms with van der Waals surface area (Å²) < 4.78 is 5.86. The summed E-state index contributed by atoms with van der Waals surface area (Å²) in [6.07, 6.45) is 16.6. The van der Waals surface area contributed by atoms with Gasteiger partial charge in [-0.25, -0.2) is 0 Å². The van der Waals surface area contributed by atoms with Crippen LogP contribution in [0.3, 0.4) is 0 Å². The molecule has 1 heterocycles. The van der Waals surface area contributed by atoms with Crippen LogP contribution in [0, 0.1) is 0 Å². The second-order valence-corrected chi connectivity index (χ2v) is 9.40. The molecule has 0 unspecified atom stereocenters. The van der Waals surface area contributed by atoms with Crippen molar-refractivity contribution in [3.05, 3.63) is 54.1 Å². The average molecular weight is 475 g/mol. The van der Waals surface area contributed by atoms with Crippen LogP contribution in [0.4, 0.5) is 0 Å². The highest BCUT2D eigenvalue weighted by Gasteiger charge is 2.07. The van der Waals surface area contributed by atoms with E-state index in [1.165, 1.54) is 76.2 Å². The number of hydrogen-bond acceptors (Lipinski definition) is 5. The minimum atomic E-state index is 0.524. The van der Waals surface area contributed by atoms with Crippen LogP contribution in [0.1, 0.15) is 96.5 Å². The Labute approximate surface area is 211 Å². The summed E-state index contributed by atoms with van der Waals surface area (Å²) in [4.78, 5) is 0. The number of aromatic nitrogens is 4. The fourth-order valence-electron chi connectivity index (χ4n) is 4.16. The highest BCUT2D eigenvalue weighted by Crippen LogP contribution is 2.21. The maximum atomic E-state index is 5.86. The Morgan fingerprint density at radius 3 is 1.51 bits per heavy atom. The highest BCUT2D eigenvalue weighted by molar-refractivity contribution is 5.57. The summed E-state index contributed by atoms with van der Waals surface area (Å²) in [5.74, 6) is 1.95. The van der Waals surface area contributed by atoms with Gasteiger partial charge < -0.3 is 4.74 Å². The van der Waals surface area contributed by atoms with E-state index in [1.54, 1.807) is 0 Å². The van der Waals surface area contributed by atoms with Crippen LogP contribution in [-0.4, -0.2) is 27.0 Å². The second kappa shape index (κ2) is 16.0. The number of nitrogens with zero attached hydrogens (tertiary/aromatic N) is 4. The minimum absolute atomic E-state index is 0.524. The third-order valence-electron chi connectivity index (χ3n) is 6.39. The smallest absolute Gasteiger partial charge is 0.203 e. The van der Waals surface area contributed by atoms with Gasteiger partial charge in [0.2, 0.25) is 11.6 Å². The summed E-state index contributed by atoms with van der Waals surface area (Å²) in [6, 6.07) is 16.3. The Morgan fingerprint density at radius 1 is 0.514 bits per heavy atom. The van der Waals surface area contributed by atoms with Crippen molar-refractivity contribution in [1.29, 1.82) is 0 Å². The molecular formula is C30H42N4O.